The van der Waals surface area contributed by atoms with Crippen LogP contribution in [-0.4, -0.2) is 61.0 Å². The highest BCUT2D eigenvalue weighted by molar-refractivity contribution is 5.85. The molecule has 0 spiro atoms. The van der Waals surface area contributed by atoms with Gasteiger partial charge in [0.2, 0.25) is 5.91 Å². The van der Waals surface area contributed by atoms with Crippen LogP contribution in [0.5, 0.6) is 0 Å². The Kier molecular flexibility index (Phi) is 6.41. The lowest BCUT2D eigenvalue weighted by atomic mass is 10.1. The van der Waals surface area contributed by atoms with E-state index in [0.717, 1.165) is 11.1 Å². The van der Waals surface area contributed by atoms with E-state index in [2.05, 4.69) is 15.6 Å². The van der Waals surface area contributed by atoms with Crippen LogP contribution in [0.2, 0.25) is 0 Å². The lowest BCUT2D eigenvalue weighted by Gasteiger charge is -2.17. The Morgan fingerprint density at radius 1 is 1.03 bits per heavy atom. The summed E-state index contributed by atoms with van der Waals surface area (Å²) in [5.74, 6) is 0.718. The molecule has 1 amide bonds. The van der Waals surface area contributed by atoms with Crippen LogP contribution in [0, 0.1) is 0 Å². The highest BCUT2D eigenvalue weighted by Crippen LogP contribution is 2.34. The molecule has 1 aliphatic heterocycles. The van der Waals surface area contributed by atoms with E-state index in [0.29, 0.717) is 29.4 Å². The molecule has 0 saturated carbocycles. The second-order valence-electron chi connectivity index (χ2n) is 8.35. The van der Waals surface area contributed by atoms with Crippen LogP contribution in [0.25, 0.3) is 22.6 Å². The number of hydrogen-bond donors (Lipinski definition) is 4. The Hall–Kier alpha value is -3.86. The lowest BCUT2D eigenvalue weighted by molar-refractivity contribution is -0.125. The van der Waals surface area contributed by atoms with Gasteiger partial charge < -0.3 is 25.6 Å². The predicted molar refractivity (Wildman–Crippen MR) is 129 cm³/mol. The van der Waals surface area contributed by atoms with E-state index in [1.807, 2.05) is 60.7 Å². The van der Waals surface area contributed by atoms with E-state index in [4.69, 9.17) is 14.7 Å². The number of carbonyl (C=O) groups excluding carboxylic acids is 1. The standard InChI is InChI=1S/C25H26N6O4/c1-26-18(32)12-17-20(33)21(34)25(35-17)31-14-28-19-23(27-13-15-8-4-2-5-9-15)29-22(30-24(19)31)16-10-6-3-7-11-16/h2-11,14,17,20-21,25,33-34H,12-13H2,1H3,(H,26,32)(H,27,29,30)/t17-,20+,21+,25+/m0/s1. The summed E-state index contributed by atoms with van der Waals surface area (Å²) in [4.78, 5) is 25.8. The largest absolute Gasteiger partial charge is 0.388 e. The number of aromatic nitrogens is 4. The first-order valence-electron chi connectivity index (χ1n) is 11.3. The third-order valence-electron chi connectivity index (χ3n) is 6.03. The summed E-state index contributed by atoms with van der Waals surface area (Å²) >= 11 is 0. The number of nitrogens with zero attached hydrogens (tertiary/aromatic N) is 4. The van der Waals surface area contributed by atoms with E-state index < -0.39 is 24.5 Å². The minimum Gasteiger partial charge on any atom is -0.388 e. The van der Waals surface area contributed by atoms with Gasteiger partial charge in [-0.3, -0.25) is 9.36 Å². The normalized spacial score (nSPS) is 21.8. The molecule has 1 fully saturated rings. The van der Waals surface area contributed by atoms with Gasteiger partial charge in [0.05, 0.1) is 18.9 Å². The number of anilines is 1. The van der Waals surface area contributed by atoms with E-state index in [9.17, 15) is 15.0 Å². The summed E-state index contributed by atoms with van der Waals surface area (Å²) in [6, 6.07) is 19.5. The molecule has 35 heavy (non-hydrogen) atoms. The fourth-order valence-electron chi connectivity index (χ4n) is 4.14. The van der Waals surface area contributed by atoms with Gasteiger partial charge in [-0.2, -0.15) is 0 Å². The molecule has 4 atom stereocenters. The van der Waals surface area contributed by atoms with Gasteiger partial charge >= 0.3 is 0 Å². The number of nitrogens with one attached hydrogen (secondary N) is 2. The van der Waals surface area contributed by atoms with Gasteiger partial charge in [0.1, 0.15) is 12.2 Å². The van der Waals surface area contributed by atoms with Crippen molar-refractivity contribution < 1.29 is 19.7 Å². The number of amides is 1. The van der Waals surface area contributed by atoms with Crippen LogP contribution < -0.4 is 10.6 Å². The summed E-state index contributed by atoms with van der Waals surface area (Å²) in [5.41, 5.74) is 2.83. The van der Waals surface area contributed by atoms with E-state index in [1.54, 1.807) is 4.57 Å². The summed E-state index contributed by atoms with van der Waals surface area (Å²) in [5, 5.41) is 27.1. The molecule has 4 aromatic rings. The fraction of sp³-hybridized carbons (Fsp3) is 0.280. The van der Waals surface area contributed by atoms with Gasteiger partial charge in [0, 0.05) is 19.2 Å². The Morgan fingerprint density at radius 2 is 1.74 bits per heavy atom. The first kappa shape index (κ1) is 22.9. The molecule has 1 aliphatic rings. The molecule has 10 heteroatoms. The van der Waals surface area contributed by atoms with Crippen molar-refractivity contribution in [2.75, 3.05) is 12.4 Å². The number of hydrogen-bond acceptors (Lipinski definition) is 8. The van der Waals surface area contributed by atoms with E-state index >= 15 is 0 Å². The number of carbonyl (C=O) groups is 1. The van der Waals surface area contributed by atoms with Crippen LogP contribution >= 0.6 is 0 Å². The summed E-state index contributed by atoms with van der Waals surface area (Å²) in [7, 11) is 1.51. The molecule has 0 bridgehead atoms. The van der Waals surface area contributed by atoms with Crippen LogP contribution in [-0.2, 0) is 16.1 Å². The molecule has 5 rings (SSSR count). The number of imidazole rings is 1. The predicted octanol–water partition coefficient (Wildman–Crippen LogP) is 1.86. The zero-order valence-corrected chi connectivity index (χ0v) is 19.1. The van der Waals surface area contributed by atoms with Crippen LogP contribution in [0.3, 0.4) is 0 Å². The van der Waals surface area contributed by atoms with Crippen molar-refractivity contribution in [1.29, 1.82) is 0 Å². The summed E-state index contributed by atoms with van der Waals surface area (Å²) in [6.45, 7) is 0.531. The molecule has 4 N–H and O–H groups in total. The van der Waals surface area contributed by atoms with Crippen molar-refractivity contribution >= 4 is 22.9 Å². The second-order valence-corrected chi connectivity index (χ2v) is 8.35. The molecular weight excluding hydrogens is 448 g/mol. The molecule has 0 radical (unpaired) electrons. The maximum Gasteiger partial charge on any atom is 0.222 e. The highest BCUT2D eigenvalue weighted by atomic mass is 16.6. The first-order valence-corrected chi connectivity index (χ1v) is 11.3. The number of aliphatic hydroxyl groups excluding tert-OH is 2. The van der Waals surface area contributed by atoms with Gasteiger partial charge in [0.25, 0.3) is 0 Å². The van der Waals surface area contributed by atoms with Crippen molar-refractivity contribution in [1.82, 2.24) is 24.8 Å². The molecular formula is C25H26N6O4. The smallest absolute Gasteiger partial charge is 0.222 e. The average Bonchev–Trinajstić information content (AvgIpc) is 3.44. The SMILES string of the molecule is CNC(=O)C[C@@H]1O[C@@H](n2cnc3c(NCc4ccccc4)nc(-c4ccccc4)nc32)[C@H](O)[C@@H]1O. The fourth-order valence-corrected chi connectivity index (χ4v) is 4.14. The number of benzene rings is 2. The molecule has 0 aliphatic carbocycles. The molecule has 180 valence electrons. The van der Waals surface area contributed by atoms with Crippen molar-refractivity contribution in [3.63, 3.8) is 0 Å². The highest BCUT2D eigenvalue weighted by Gasteiger charge is 2.45. The van der Waals surface area contributed by atoms with E-state index in [1.165, 1.54) is 13.4 Å². The van der Waals surface area contributed by atoms with Crippen LogP contribution in [0.15, 0.2) is 67.0 Å². The Balaban J connectivity index is 1.54. The molecule has 3 heterocycles. The maximum absolute atomic E-state index is 11.8. The zero-order valence-electron chi connectivity index (χ0n) is 19.1. The minimum absolute atomic E-state index is 0.0774. The quantitative estimate of drug-likeness (QED) is 0.319. The lowest BCUT2D eigenvalue weighted by Crippen LogP contribution is -2.34. The Labute approximate surface area is 201 Å². The monoisotopic (exact) mass is 474 g/mol. The molecule has 1 saturated heterocycles. The van der Waals surface area contributed by atoms with Crippen molar-refractivity contribution in [2.45, 2.75) is 37.5 Å². The number of fused-ring (bicyclic) bond motifs is 1. The van der Waals surface area contributed by atoms with Gasteiger partial charge in [-0.15, -0.1) is 0 Å². The number of ether oxygens (including phenoxy) is 1. The van der Waals surface area contributed by atoms with E-state index in [-0.39, 0.29) is 12.3 Å². The van der Waals surface area contributed by atoms with Gasteiger partial charge in [-0.25, -0.2) is 15.0 Å². The molecule has 10 nitrogen and oxygen atoms in total. The summed E-state index contributed by atoms with van der Waals surface area (Å²) in [6.07, 6.45) is -2.90. The maximum atomic E-state index is 11.8. The summed E-state index contributed by atoms with van der Waals surface area (Å²) < 4.78 is 7.49. The van der Waals surface area contributed by atoms with Gasteiger partial charge in [-0.1, -0.05) is 60.7 Å². The number of aliphatic hydroxyl groups is 2. The average molecular weight is 475 g/mol. The van der Waals surface area contributed by atoms with Crippen molar-refractivity contribution in [3.05, 3.63) is 72.6 Å². The second kappa shape index (κ2) is 9.79. The third kappa shape index (κ3) is 4.59. The first-order chi connectivity index (χ1) is 17.0. The van der Waals surface area contributed by atoms with Crippen molar-refractivity contribution in [3.8, 4) is 11.4 Å². The molecule has 0 unspecified atom stereocenters. The van der Waals surface area contributed by atoms with Crippen molar-refractivity contribution in [2.24, 2.45) is 0 Å². The Morgan fingerprint density at radius 3 is 2.46 bits per heavy atom. The molecule has 2 aromatic heterocycles. The van der Waals surface area contributed by atoms with Gasteiger partial charge in [-0.05, 0) is 5.56 Å². The molecule has 2 aromatic carbocycles. The van der Waals surface area contributed by atoms with Crippen LogP contribution in [0.4, 0.5) is 5.82 Å². The number of rotatable bonds is 7. The topological polar surface area (TPSA) is 134 Å². The minimum atomic E-state index is -1.27. The third-order valence-corrected chi connectivity index (χ3v) is 6.03. The van der Waals surface area contributed by atoms with Gasteiger partial charge in [0.15, 0.2) is 29.0 Å². The van der Waals surface area contributed by atoms with Crippen LogP contribution in [0.1, 0.15) is 18.2 Å². The Bertz CT molecular complexity index is 1310. The zero-order chi connectivity index (χ0) is 24.4.